The van der Waals surface area contributed by atoms with Gasteiger partial charge in [-0.2, -0.15) is 0 Å². The number of pyridine rings is 1. The van der Waals surface area contributed by atoms with Crippen molar-refractivity contribution in [2.45, 2.75) is 18.9 Å². The second-order valence-electron chi connectivity index (χ2n) is 3.88. The number of carbonyl (C=O) groups is 1. The number of anilines is 1. The summed E-state index contributed by atoms with van der Waals surface area (Å²) in [5.41, 5.74) is 0.342. The summed E-state index contributed by atoms with van der Waals surface area (Å²) in [6, 6.07) is 0.992. The first-order valence-corrected chi connectivity index (χ1v) is 5.50. The van der Waals surface area contributed by atoms with Crippen LogP contribution in [-0.4, -0.2) is 30.3 Å². The number of hydrogen-bond donors (Lipinski definition) is 2. The minimum atomic E-state index is -0.478. The van der Waals surface area contributed by atoms with Gasteiger partial charge in [-0.3, -0.25) is 4.98 Å². The molecule has 2 amide bonds. The first-order chi connectivity index (χ1) is 8.24. The Balaban J connectivity index is 1.84. The lowest BCUT2D eigenvalue weighted by atomic mass is 10.1. The average molecular weight is 239 g/mol. The van der Waals surface area contributed by atoms with Crippen molar-refractivity contribution in [2.75, 3.05) is 18.5 Å². The average Bonchev–Trinajstić information content (AvgIpc) is 2.30. The molecule has 0 radical (unpaired) electrons. The summed E-state index contributed by atoms with van der Waals surface area (Å²) < 4.78 is 18.0. The van der Waals surface area contributed by atoms with Gasteiger partial charge in [0.25, 0.3) is 0 Å². The van der Waals surface area contributed by atoms with Crippen LogP contribution >= 0.6 is 0 Å². The van der Waals surface area contributed by atoms with Crippen molar-refractivity contribution in [3.05, 3.63) is 24.3 Å². The molecule has 2 heterocycles. The topological polar surface area (TPSA) is 63.2 Å². The van der Waals surface area contributed by atoms with Crippen LogP contribution in [0, 0.1) is 5.82 Å². The fourth-order valence-electron chi connectivity index (χ4n) is 1.67. The quantitative estimate of drug-likeness (QED) is 0.822. The molecule has 1 saturated heterocycles. The Bertz CT molecular complexity index is 394. The Hall–Kier alpha value is -1.69. The molecular weight excluding hydrogens is 225 g/mol. The van der Waals surface area contributed by atoms with E-state index >= 15 is 0 Å². The van der Waals surface area contributed by atoms with Gasteiger partial charge in [-0.1, -0.05) is 0 Å². The first kappa shape index (κ1) is 11.8. The molecule has 1 aliphatic heterocycles. The molecule has 1 fully saturated rings. The standard InChI is InChI=1S/C11H14FN3O2/c12-8-5-10(7-13-6-8)15-11(16)14-9-1-3-17-4-2-9/h5-7,9H,1-4H2,(H2,14,15,16). The third kappa shape index (κ3) is 3.67. The van der Waals surface area contributed by atoms with Gasteiger partial charge in [0.1, 0.15) is 5.82 Å². The van der Waals surface area contributed by atoms with Gasteiger partial charge in [0, 0.05) is 25.3 Å². The van der Waals surface area contributed by atoms with E-state index in [1.54, 1.807) is 0 Å². The van der Waals surface area contributed by atoms with Gasteiger partial charge in [-0.15, -0.1) is 0 Å². The maximum Gasteiger partial charge on any atom is 0.319 e. The zero-order chi connectivity index (χ0) is 12.1. The van der Waals surface area contributed by atoms with E-state index in [1.165, 1.54) is 12.3 Å². The first-order valence-electron chi connectivity index (χ1n) is 5.50. The van der Waals surface area contributed by atoms with Crippen LogP contribution in [0.4, 0.5) is 14.9 Å². The predicted octanol–water partition coefficient (Wildman–Crippen LogP) is 1.52. The van der Waals surface area contributed by atoms with Crippen LogP contribution in [0.5, 0.6) is 0 Å². The highest BCUT2D eigenvalue weighted by atomic mass is 19.1. The van der Waals surface area contributed by atoms with Crippen molar-refractivity contribution in [2.24, 2.45) is 0 Å². The zero-order valence-corrected chi connectivity index (χ0v) is 9.28. The van der Waals surface area contributed by atoms with Gasteiger partial charge in [0.2, 0.25) is 0 Å². The molecule has 0 atom stereocenters. The Morgan fingerprint density at radius 1 is 1.41 bits per heavy atom. The molecule has 17 heavy (non-hydrogen) atoms. The van der Waals surface area contributed by atoms with E-state index < -0.39 is 5.82 Å². The van der Waals surface area contributed by atoms with Crippen molar-refractivity contribution in [3.8, 4) is 0 Å². The van der Waals surface area contributed by atoms with Gasteiger partial charge in [-0.05, 0) is 12.8 Å². The predicted molar refractivity (Wildman–Crippen MR) is 60.2 cm³/mol. The van der Waals surface area contributed by atoms with Crippen LogP contribution in [0.3, 0.4) is 0 Å². The summed E-state index contributed by atoms with van der Waals surface area (Å²) in [6.07, 6.45) is 4.08. The van der Waals surface area contributed by atoms with Gasteiger partial charge < -0.3 is 15.4 Å². The number of hydrogen-bond acceptors (Lipinski definition) is 3. The molecule has 1 aromatic heterocycles. The van der Waals surface area contributed by atoms with Crippen LogP contribution in [0.15, 0.2) is 18.5 Å². The van der Waals surface area contributed by atoms with E-state index in [2.05, 4.69) is 15.6 Å². The Morgan fingerprint density at radius 3 is 2.88 bits per heavy atom. The number of urea groups is 1. The number of carbonyl (C=O) groups excluding carboxylic acids is 1. The molecule has 0 aromatic carbocycles. The molecular formula is C11H14FN3O2. The molecule has 92 valence electrons. The van der Waals surface area contributed by atoms with Crippen molar-refractivity contribution < 1.29 is 13.9 Å². The number of aromatic nitrogens is 1. The van der Waals surface area contributed by atoms with E-state index in [0.29, 0.717) is 18.9 Å². The third-order valence-corrected chi connectivity index (χ3v) is 2.52. The Kier molecular flexibility index (Phi) is 3.87. The lowest BCUT2D eigenvalue weighted by molar-refractivity contribution is 0.0806. The summed E-state index contributed by atoms with van der Waals surface area (Å²) in [5, 5.41) is 5.34. The maximum atomic E-state index is 12.8. The number of ether oxygens (including phenoxy) is 1. The summed E-state index contributed by atoms with van der Waals surface area (Å²) in [4.78, 5) is 15.2. The van der Waals surface area contributed by atoms with E-state index in [4.69, 9.17) is 4.74 Å². The molecule has 0 bridgehead atoms. The Labute approximate surface area is 98.4 Å². The number of halogens is 1. The lowest BCUT2D eigenvalue weighted by Crippen LogP contribution is -2.41. The fourth-order valence-corrected chi connectivity index (χ4v) is 1.67. The van der Waals surface area contributed by atoms with Gasteiger partial charge in [0.15, 0.2) is 0 Å². The number of amides is 2. The summed E-state index contributed by atoms with van der Waals surface area (Å²) in [6.45, 7) is 1.32. The SMILES string of the molecule is O=C(Nc1cncc(F)c1)NC1CCOCC1. The largest absolute Gasteiger partial charge is 0.381 e. The van der Waals surface area contributed by atoms with Crippen molar-refractivity contribution in [1.29, 1.82) is 0 Å². The minimum absolute atomic E-state index is 0.116. The van der Waals surface area contributed by atoms with Crippen LogP contribution in [0.25, 0.3) is 0 Å². The van der Waals surface area contributed by atoms with Crippen LogP contribution < -0.4 is 10.6 Å². The van der Waals surface area contributed by atoms with Crippen LogP contribution in [0.2, 0.25) is 0 Å². The molecule has 5 nitrogen and oxygen atoms in total. The van der Waals surface area contributed by atoms with Crippen molar-refractivity contribution in [3.63, 3.8) is 0 Å². The number of nitrogens with zero attached hydrogens (tertiary/aromatic N) is 1. The van der Waals surface area contributed by atoms with Crippen molar-refractivity contribution >= 4 is 11.7 Å². The molecule has 0 unspecified atom stereocenters. The molecule has 2 N–H and O–H groups in total. The van der Waals surface area contributed by atoms with Crippen LogP contribution in [0.1, 0.15) is 12.8 Å². The van der Waals surface area contributed by atoms with Gasteiger partial charge in [0.05, 0.1) is 18.1 Å². The van der Waals surface area contributed by atoms with E-state index in [-0.39, 0.29) is 12.1 Å². The van der Waals surface area contributed by atoms with E-state index in [0.717, 1.165) is 19.0 Å². The minimum Gasteiger partial charge on any atom is -0.381 e. The summed E-state index contributed by atoms with van der Waals surface area (Å²) >= 11 is 0. The highest BCUT2D eigenvalue weighted by Crippen LogP contribution is 2.08. The second kappa shape index (κ2) is 5.58. The van der Waals surface area contributed by atoms with Gasteiger partial charge in [-0.25, -0.2) is 9.18 Å². The van der Waals surface area contributed by atoms with Crippen LogP contribution in [-0.2, 0) is 4.74 Å². The number of nitrogens with one attached hydrogen (secondary N) is 2. The lowest BCUT2D eigenvalue weighted by Gasteiger charge is -2.23. The third-order valence-electron chi connectivity index (χ3n) is 2.52. The molecule has 0 spiro atoms. The summed E-state index contributed by atoms with van der Waals surface area (Å²) in [5.74, 6) is -0.478. The maximum absolute atomic E-state index is 12.8. The monoisotopic (exact) mass is 239 g/mol. The smallest absolute Gasteiger partial charge is 0.319 e. The number of rotatable bonds is 2. The fraction of sp³-hybridized carbons (Fsp3) is 0.455. The molecule has 2 rings (SSSR count). The second-order valence-corrected chi connectivity index (χ2v) is 3.88. The highest BCUT2D eigenvalue weighted by molar-refractivity contribution is 5.89. The normalized spacial score (nSPS) is 16.5. The highest BCUT2D eigenvalue weighted by Gasteiger charge is 2.15. The van der Waals surface area contributed by atoms with Crippen molar-refractivity contribution in [1.82, 2.24) is 10.3 Å². The zero-order valence-electron chi connectivity index (χ0n) is 9.28. The van der Waals surface area contributed by atoms with Gasteiger partial charge >= 0.3 is 6.03 Å². The Morgan fingerprint density at radius 2 is 2.18 bits per heavy atom. The van der Waals surface area contributed by atoms with E-state index in [9.17, 15) is 9.18 Å². The summed E-state index contributed by atoms with van der Waals surface area (Å²) in [7, 11) is 0. The molecule has 0 aliphatic carbocycles. The van der Waals surface area contributed by atoms with E-state index in [1.807, 2.05) is 0 Å². The molecule has 1 aromatic rings. The molecule has 1 aliphatic rings. The molecule has 0 saturated carbocycles. The molecule has 6 heteroatoms.